The molecule has 1 rings (SSSR count). The Morgan fingerprint density at radius 2 is 2.13 bits per heavy atom. The highest BCUT2D eigenvalue weighted by Gasteiger charge is 2.14. The molecule has 0 aliphatic heterocycles. The lowest BCUT2D eigenvalue weighted by molar-refractivity contribution is 0.769. The molecule has 1 N–H and O–H groups in total. The van der Waals surface area contributed by atoms with Crippen molar-refractivity contribution >= 4 is 16.5 Å². The van der Waals surface area contributed by atoms with Crippen LogP contribution in [0.2, 0.25) is 0 Å². The molecule has 3 nitrogen and oxygen atoms in total. The van der Waals surface area contributed by atoms with Gasteiger partial charge in [0.2, 0.25) is 0 Å². The molecule has 0 unspecified atom stereocenters. The van der Waals surface area contributed by atoms with Crippen LogP contribution < -0.4 is 10.2 Å². The third kappa shape index (κ3) is 2.92. The second kappa shape index (κ2) is 5.47. The highest BCUT2D eigenvalue weighted by molar-refractivity contribution is 7.15. The third-order valence-electron chi connectivity index (χ3n) is 2.40. The molecular weight excluding hydrogens is 206 g/mol. The van der Waals surface area contributed by atoms with Crippen LogP contribution in [0.5, 0.6) is 0 Å². The van der Waals surface area contributed by atoms with Gasteiger partial charge in [0.15, 0.2) is 5.13 Å². The number of nitrogens with one attached hydrogen (secondary N) is 1. The topological polar surface area (TPSA) is 28.2 Å². The molecule has 1 aromatic rings. The van der Waals surface area contributed by atoms with Gasteiger partial charge in [-0.2, -0.15) is 0 Å². The average molecular weight is 227 g/mol. The van der Waals surface area contributed by atoms with Gasteiger partial charge in [-0.25, -0.2) is 4.98 Å². The largest absolute Gasteiger partial charge is 0.351 e. The summed E-state index contributed by atoms with van der Waals surface area (Å²) < 4.78 is 0. The van der Waals surface area contributed by atoms with Crippen molar-refractivity contribution in [3.63, 3.8) is 0 Å². The first-order valence-electron chi connectivity index (χ1n) is 5.45. The number of nitrogens with zero attached hydrogens (tertiary/aromatic N) is 2. The Kier molecular flexibility index (Phi) is 4.54. The maximum absolute atomic E-state index is 4.70. The molecule has 0 radical (unpaired) electrons. The van der Waals surface area contributed by atoms with Crippen LogP contribution in [-0.2, 0) is 6.54 Å². The molecule has 1 heterocycles. The molecule has 4 heteroatoms. The van der Waals surface area contributed by atoms with Gasteiger partial charge in [0.05, 0.1) is 5.69 Å². The van der Waals surface area contributed by atoms with Crippen LogP contribution in [0.4, 0.5) is 5.13 Å². The molecule has 0 saturated heterocycles. The second-order valence-corrected chi connectivity index (χ2v) is 5.07. The van der Waals surface area contributed by atoms with Crippen molar-refractivity contribution < 1.29 is 0 Å². The molecular formula is C11H21N3S. The van der Waals surface area contributed by atoms with Crippen molar-refractivity contribution in [2.75, 3.05) is 25.5 Å². The van der Waals surface area contributed by atoms with Gasteiger partial charge < -0.3 is 10.2 Å². The molecule has 0 aromatic carbocycles. The summed E-state index contributed by atoms with van der Waals surface area (Å²) in [5.41, 5.74) is 1.24. The first kappa shape index (κ1) is 12.5. The summed E-state index contributed by atoms with van der Waals surface area (Å²) in [6, 6.07) is 0. The van der Waals surface area contributed by atoms with Gasteiger partial charge in [-0.3, -0.25) is 0 Å². The lowest BCUT2D eigenvalue weighted by Crippen LogP contribution is -2.15. The molecule has 0 atom stereocenters. The molecule has 0 aliphatic carbocycles. The minimum Gasteiger partial charge on any atom is -0.351 e. The minimum atomic E-state index is 0.503. The molecule has 0 spiro atoms. The van der Waals surface area contributed by atoms with Crippen LogP contribution in [0.15, 0.2) is 0 Å². The van der Waals surface area contributed by atoms with E-state index >= 15 is 0 Å². The van der Waals surface area contributed by atoms with Crippen LogP contribution >= 0.6 is 11.3 Å². The summed E-state index contributed by atoms with van der Waals surface area (Å²) >= 11 is 1.80. The zero-order valence-corrected chi connectivity index (χ0v) is 11.1. The van der Waals surface area contributed by atoms with E-state index in [1.165, 1.54) is 10.6 Å². The number of aromatic nitrogens is 1. The first-order chi connectivity index (χ1) is 7.10. The maximum atomic E-state index is 4.70. The highest BCUT2D eigenvalue weighted by atomic mass is 32.1. The molecule has 1 aromatic heterocycles. The van der Waals surface area contributed by atoms with Gasteiger partial charge in [0.1, 0.15) is 0 Å². The SMILES string of the molecule is CCN(C)c1nc(C(C)C)c(CNC)s1. The third-order valence-corrected chi connectivity index (χ3v) is 3.59. The van der Waals surface area contributed by atoms with Crippen molar-refractivity contribution in [1.82, 2.24) is 10.3 Å². The summed E-state index contributed by atoms with van der Waals surface area (Å²) in [5.74, 6) is 0.503. The highest BCUT2D eigenvalue weighted by Crippen LogP contribution is 2.29. The quantitative estimate of drug-likeness (QED) is 0.837. The number of thiazole rings is 1. The van der Waals surface area contributed by atoms with E-state index in [-0.39, 0.29) is 0 Å². The van der Waals surface area contributed by atoms with Gasteiger partial charge >= 0.3 is 0 Å². The van der Waals surface area contributed by atoms with E-state index in [2.05, 4.69) is 38.0 Å². The maximum Gasteiger partial charge on any atom is 0.185 e. The van der Waals surface area contributed by atoms with Crippen molar-refractivity contribution in [3.05, 3.63) is 10.6 Å². The monoisotopic (exact) mass is 227 g/mol. The summed E-state index contributed by atoms with van der Waals surface area (Å²) in [6.07, 6.45) is 0. The Hall–Kier alpha value is -0.610. The van der Waals surface area contributed by atoms with Crippen LogP contribution in [0.25, 0.3) is 0 Å². The van der Waals surface area contributed by atoms with E-state index in [1.807, 2.05) is 7.05 Å². The number of anilines is 1. The molecule has 0 bridgehead atoms. The number of hydrogen-bond donors (Lipinski definition) is 1. The second-order valence-electron chi connectivity index (χ2n) is 4.00. The predicted octanol–water partition coefficient (Wildman–Crippen LogP) is 2.44. The fourth-order valence-corrected chi connectivity index (χ4v) is 2.64. The van der Waals surface area contributed by atoms with Crippen molar-refractivity contribution in [3.8, 4) is 0 Å². The Morgan fingerprint density at radius 1 is 1.47 bits per heavy atom. The molecule has 0 fully saturated rings. The van der Waals surface area contributed by atoms with E-state index in [9.17, 15) is 0 Å². The van der Waals surface area contributed by atoms with Crippen LogP contribution in [0, 0.1) is 0 Å². The van der Waals surface area contributed by atoms with E-state index in [0.29, 0.717) is 5.92 Å². The Labute approximate surface area is 96.5 Å². The van der Waals surface area contributed by atoms with Gasteiger partial charge in [-0.15, -0.1) is 11.3 Å². The zero-order valence-electron chi connectivity index (χ0n) is 10.3. The fraction of sp³-hybridized carbons (Fsp3) is 0.727. The van der Waals surface area contributed by atoms with Crippen molar-refractivity contribution in [1.29, 1.82) is 0 Å². The number of rotatable bonds is 5. The smallest absolute Gasteiger partial charge is 0.185 e. The Balaban J connectivity index is 2.98. The van der Waals surface area contributed by atoms with E-state index < -0.39 is 0 Å². The Morgan fingerprint density at radius 3 is 2.60 bits per heavy atom. The van der Waals surface area contributed by atoms with E-state index in [4.69, 9.17) is 4.98 Å². The van der Waals surface area contributed by atoms with Gasteiger partial charge in [-0.05, 0) is 19.9 Å². The minimum absolute atomic E-state index is 0.503. The van der Waals surface area contributed by atoms with Gasteiger partial charge in [-0.1, -0.05) is 13.8 Å². The molecule has 0 saturated carbocycles. The van der Waals surface area contributed by atoms with E-state index in [1.54, 1.807) is 11.3 Å². The number of hydrogen-bond acceptors (Lipinski definition) is 4. The molecule has 0 aliphatic rings. The van der Waals surface area contributed by atoms with Crippen LogP contribution in [0.3, 0.4) is 0 Å². The fourth-order valence-electron chi connectivity index (χ4n) is 1.39. The van der Waals surface area contributed by atoms with Crippen LogP contribution in [-0.4, -0.2) is 25.6 Å². The van der Waals surface area contributed by atoms with Gasteiger partial charge in [0.25, 0.3) is 0 Å². The van der Waals surface area contributed by atoms with Crippen LogP contribution in [0.1, 0.15) is 37.3 Å². The predicted molar refractivity (Wildman–Crippen MR) is 67.9 cm³/mol. The van der Waals surface area contributed by atoms with Crippen molar-refractivity contribution in [2.45, 2.75) is 33.2 Å². The lowest BCUT2D eigenvalue weighted by Gasteiger charge is -2.11. The summed E-state index contributed by atoms with van der Waals surface area (Å²) in [6.45, 7) is 8.47. The van der Waals surface area contributed by atoms with Gasteiger partial charge in [0, 0.05) is 25.0 Å². The Bertz CT molecular complexity index is 307. The average Bonchev–Trinajstić information content (AvgIpc) is 2.61. The normalized spacial score (nSPS) is 11.1. The van der Waals surface area contributed by atoms with E-state index in [0.717, 1.165) is 18.2 Å². The molecule has 15 heavy (non-hydrogen) atoms. The zero-order chi connectivity index (χ0) is 11.4. The lowest BCUT2D eigenvalue weighted by atomic mass is 10.1. The van der Waals surface area contributed by atoms with Crippen molar-refractivity contribution in [2.24, 2.45) is 0 Å². The standard InChI is InChI=1S/C11H21N3S/c1-6-14(5)11-13-10(8(2)3)9(15-11)7-12-4/h8,12H,6-7H2,1-5H3. The molecule has 0 amide bonds. The summed E-state index contributed by atoms with van der Waals surface area (Å²) in [5, 5.41) is 4.33. The summed E-state index contributed by atoms with van der Waals surface area (Å²) in [7, 11) is 4.07. The molecule has 86 valence electrons. The first-order valence-corrected chi connectivity index (χ1v) is 6.27. The summed E-state index contributed by atoms with van der Waals surface area (Å²) in [4.78, 5) is 8.26.